The molecule has 0 aromatic rings. The monoisotopic (exact) mass is 783 g/mol. The van der Waals surface area contributed by atoms with Crippen molar-refractivity contribution in [1.29, 1.82) is 0 Å². The van der Waals surface area contributed by atoms with Gasteiger partial charge in [-0.1, -0.05) is 164 Å². The number of hydrogen-bond donors (Lipinski definition) is 3. The SMILES string of the molecule is CC/C=C\C/C=C\C/C=C\C/C=C\C/C=C\CCCCOCC(COP(=O)(O)OCC(O)CO)OC(=O)CCCCCCCCCCCCCCCCC. The minimum Gasteiger partial charge on any atom is -0.457 e. The summed E-state index contributed by atoms with van der Waals surface area (Å²) in [5.41, 5.74) is 0. The highest BCUT2D eigenvalue weighted by molar-refractivity contribution is 7.47. The van der Waals surface area contributed by atoms with Crippen molar-refractivity contribution < 1.29 is 43.0 Å². The lowest BCUT2D eigenvalue weighted by Gasteiger charge is -2.20. The van der Waals surface area contributed by atoms with E-state index in [9.17, 15) is 19.4 Å². The minimum absolute atomic E-state index is 0.0194. The largest absolute Gasteiger partial charge is 0.472 e. The number of aliphatic hydroxyl groups excluding tert-OH is 2. The van der Waals surface area contributed by atoms with E-state index in [2.05, 4.69) is 74.6 Å². The molecule has 0 fully saturated rings. The first-order valence-corrected chi connectivity index (χ1v) is 22.8. The summed E-state index contributed by atoms with van der Waals surface area (Å²) in [4.78, 5) is 22.6. The fourth-order valence-corrected chi connectivity index (χ4v) is 6.29. The zero-order chi connectivity index (χ0) is 39.6. The van der Waals surface area contributed by atoms with Crippen LogP contribution in [-0.4, -0.2) is 66.3 Å². The van der Waals surface area contributed by atoms with Gasteiger partial charge >= 0.3 is 13.8 Å². The zero-order valence-electron chi connectivity index (χ0n) is 34.2. The van der Waals surface area contributed by atoms with Crippen LogP contribution in [0.2, 0.25) is 0 Å². The smallest absolute Gasteiger partial charge is 0.457 e. The maximum Gasteiger partial charge on any atom is 0.472 e. The molecule has 0 bridgehead atoms. The van der Waals surface area contributed by atoms with Crippen molar-refractivity contribution in [3.05, 3.63) is 60.8 Å². The number of phosphoric ester groups is 1. The first-order valence-electron chi connectivity index (χ1n) is 21.3. The van der Waals surface area contributed by atoms with E-state index in [0.717, 1.165) is 70.6 Å². The van der Waals surface area contributed by atoms with E-state index < -0.39 is 45.8 Å². The molecule has 10 heteroatoms. The molecule has 0 radical (unpaired) electrons. The summed E-state index contributed by atoms with van der Waals surface area (Å²) < 4.78 is 33.3. The number of hydrogen-bond acceptors (Lipinski definition) is 8. The quantitative estimate of drug-likeness (QED) is 0.0240. The average molecular weight is 783 g/mol. The predicted octanol–water partition coefficient (Wildman–Crippen LogP) is 11.6. The summed E-state index contributed by atoms with van der Waals surface area (Å²) in [6.45, 7) is 3.29. The van der Waals surface area contributed by atoms with Crippen molar-refractivity contribution in [2.24, 2.45) is 0 Å². The van der Waals surface area contributed by atoms with Gasteiger partial charge in [-0.3, -0.25) is 13.8 Å². The summed E-state index contributed by atoms with van der Waals surface area (Å²) in [5, 5.41) is 18.3. The number of allylic oxidation sites excluding steroid dienone is 10. The van der Waals surface area contributed by atoms with Crippen molar-refractivity contribution >= 4 is 13.8 Å². The molecule has 0 aromatic carbocycles. The van der Waals surface area contributed by atoms with E-state index in [1.54, 1.807) is 0 Å². The van der Waals surface area contributed by atoms with E-state index >= 15 is 0 Å². The molecule has 0 aliphatic heterocycles. The Hall–Kier alpha value is -1.84. The van der Waals surface area contributed by atoms with Gasteiger partial charge in [-0.2, -0.15) is 0 Å². The fraction of sp³-hybridized carbons (Fsp3) is 0.750. The highest BCUT2D eigenvalue weighted by atomic mass is 31.2. The Labute approximate surface area is 330 Å². The van der Waals surface area contributed by atoms with E-state index in [1.807, 2.05) is 0 Å². The average Bonchev–Trinajstić information content (AvgIpc) is 3.16. The van der Waals surface area contributed by atoms with Gasteiger partial charge in [0.1, 0.15) is 12.2 Å². The molecule has 0 spiro atoms. The number of ether oxygens (including phenoxy) is 2. The van der Waals surface area contributed by atoms with E-state index in [4.69, 9.17) is 23.6 Å². The maximum atomic E-state index is 12.6. The molecule has 0 heterocycles. The molecule has 0 amide bonds. The lowest BCUT2D eigenvalue weighted by Crippen LogP contribution is -2.29. The number of carbonyl (C=O) groups excluding carboxylic acids is 1. The van der Waals surface area contributed by atoms with Gasteiger partial charge in [-0.05, 0) is 57.8 Å². The third kappa shape index (κ3) is 39.8. The number of phosphoric acid groups is 1. The molecule has 0 saturated heterocycles. The lowest BCUT2D eigenvalue weighted by atomic mass is 10.0. The molecule has 54 heavy (non-hydrogen) atoms. The third-order valence-electron chi connectivity index (χ3n) is 8.72. The van der Waals surface area contributed by atoms with Crippen molar-refractivity contribution in [3.8, 4) is 0 Å². The van der Waals surface area contributed by atoms with Gasteiger partial charge in [0.05, 0.1) is 26.4 Å². The van der Waals surface area contributed by atoms with Gasteiger partial charge in [0.25, 0.3) is 0 Å². The van der Waals surface area contributed by atoms with Crippen LogP contribution in [0.4, 0.5) is 0 Å². The molecular formula is C44H79O9P. The summed E-state index contributed by atoms with van der Waals surface area (Å²) in [5.74, 6) is -0.398. The topological polar surface area (TPSA) is 132 Å². The van der Waals surface area contributed by atoms with Crippen LogP contribution in [0.5, 0.6) is 0 Å². The summed E-state index contributed by atoms with van der Waals surface area (Å²) in [7, 11) is -4.53. The van der Waals surface area contributed by atoms with Crippen LogP contribution in [0.3, 0.4) is 0 Å². The second-order valence-electron chi connectivity index (χ2n) is 14.0. The van der Waals surface area contributed by atoms with E-state index in [1.165, 1.54) is 77.0 Å². The molecule has 3 N–H and O–H groups in total. The van der Waals surface area contributed by atoms with Crippen LogP contribution in [-0.2, 0) is 27.9 Å². The van der Waals surface area contributed by atoms with Crippen LogP contribution in [0.15, 0.2) is 60.8 Å². The van der Waals surface area contributed by atoms with E-state index in [0.29, 0.717) is 6.61 Å². The first kappa shape index (κ1) is 52.2. The van der Waals surface area contributed by atoms with Crippen molar-refractivity contribution in [2.75, 3.05) is 33.0 Å². The number of carbonyl (C=O) groups is 1. The van der Waals surface area contributed by atoms with Crippen LogP contribution in [0, 0.1) is 0 Å². The maximum absolute atomic E-state index is 12.6. The molecule has 0 aliphatic carbocycles. The van der Waals surface area contributed by atoms with Gasteiger partial charge in [0.15, 0.2) is 0 Å². The summed E-state index contributed by atoms with van der Waals surface area (Å²) >= 11 is 0. The van der Waals surface area contributed by atoms with Gasteiger partial charge in [0.2, 0.25) is 0 Å². The van der Waals surface area contributed by atoms with Crippen molar-refractivity contribution in [1.82, 2.24) is 0 Å². The normalized spacial score (nSPS) is 14.7. The molecule has 0 rings (SSSR count). The number of esters is 1. The zero-order valence-corrected chi connectivity index (χ0v) is 35.1. The Morgan fingerprint density at radius 1 is 0.593 bits per heavy atom. The number of unbranched alkanes of at least 4 members (excludes halogenated alkanes) is 16. The fourth-order valence-electron chi connectivity index (χ4n) is 5.50. The Kier molecular flexibility index (Phi) is 39.4. The highest BCUT2D eigenvalue weighted by Crippen LogP contribution is 2.43. The van der Waals surface area contributed by atoms with Gasteiger partial charge in [-0.15, -0.1) is 0 Å². The van der Waals surface area contributed by atoms with Crippen LogP contribution < -0.4 is 0 Å². The Balaban J connectivity index is 4.27. The lowest BCUT2D eigenvalue weighted by molar-refractivity contribution is -0.154. The molecule has 314 valence electrons. The van der Waals surface area contributed by atoms with E-state index in [-0.39, 0.29) is 13.0 Å². The van der Waals surface area contributed by atoms with Crippen molar-refractivity contribution in [3.63, 3.8) is 0 Å². The minimum atomic E-state index is -4.53. The molecule has 0 aliphatic rings. The van der Waals surface area contributed by atoms with Crippen LogP contribution >= 0.6 is 7.82 Å². The Morgan fingerprint density at radius 2 is 1.06 bits per heavy atom. The highest BCUT2D eigenvalue weighted by Gasteiger charge is 2.26. The molecule has 9 nitrogen and oxygen atoms in total. The number of aliphatic hydroxyl groups is 2. The van der Waals surface area contributed by atoms with Gasteiger partial charge in [0, 0.05) is 13.0 Å². The molecular weight excluding hydrogens is 703 g/mol. The molecule has 3 atom stereocenters. The van der Waals surface area contributed by atoms with Crippen LogP contribution in [0.1, 0.15) is 168 Å². The van der Waals surface area contributed by atoms with Crippen molar-refractivity contribution in [2.45, 2.75) is 180 Å². The standard InChI is InChI=1S/C44H79O9P/c1-3-5-7-9-11-13-15-17-19-20-21-23-25-27-29-31-33-35-37-50-40-43(41-52-54(48,49)51-39-42(46)38-45)53-44(47)36-34-32-30-28-26-24-22-18-16-14-12-10-8-6-4-2/h5,7,11,13,17,19,21,23,27,29,42-43,45-46H,3-4,6,8-10,12,14-16,18,20,22,24-26,28,30-41H2,1-2H3,(H,48,49)/b7-5-,13-11-,19-17-,23-21-,29-27-. The molecule has 3 unspecified atom stereocenters. The van der Waals surface area contributed by atoms with Crippen LogP contribution in [0.25, 0.3) is 0 Å². The van der Waals surface area contributed by atoms with Gasteiger partial charge < -0.3 is 24.6 Å². The molecule has 0 saturated carbocycles. The summed E-state index contributed by atoms with van der Waals surface area (Å²) in [6.07, 6.45) is 46.1. The Morgan fingerprint density at radius 3 is 1.56 bits per heavy atom. The van der Waals surface area contributed by atoms with Gasteiger partial charge in [-0.25, -0.2) is 4.57 Å². The first-order chi connectivity index (χ1) is 26.3. The molecule has 0 aromatic heterocycles. The second-order valence-corrected chi connectivity index (χ2v) is 15.4. The Bertz CT molecular complexity index is 1020. The second kappa shape index (κ2) is 40.8. The third-order valence-corrected chi connectivity index (χ3v) is 9.67. The number of rotatable bonds is 40. The summed E-state index contributed by atoms with van der Waals surface area (Å²) in [6, 6.07) is 0. The predicted molar refractivity (Wildman–Crippen MR) is 223 cm³/mol.